The van der Waals surface area contributed by atoms with Crippen LogP contribution in [0.4, 0.5) is 0 Å². The minimum Gasteiger partial charge on any atom is -0.760 e. The molecular formula is C3H9N2O2S-. The van der Waals surface area contributed by atoms with Crippen molar-refractivity contribution in [3.8, 4) is 0 Å². The first-order chi connectivity index (χ1) is 3.68. The van der Waals surface area contributed by atoms with Crippen LogP contribution in [0, 0.1) is 0 Å². The number of likely N-dealkylation sites (N-methyl/N-ethyl adjacent to an activating group) is 1. The number of rotatable bonds is 3. The maximum Gasteiger partial charge on any atom is 0.0222 e. The van der Waals surface area contributed by atoms with Crippen LogP contribution in [-0.2, 0) is 11.3 Å². The molecule has 0 aromatic heterocycles. The molecular weight excluding hydrogens is 128 g/mol. The molecule has 0 fully saturated rings. The fourth-order valence-electron chi connectivity index (χ4n) is 0.256. The third-order valence-electron chi connectivity index (χ3n) is 0.698. The molecule has 0 heterocycles. The summed E-state index contributed by atoms with van der Waals surface area (Å²) in [7, 11) is 1.47. The van der Waals surface area contributed by atoms with Gasteiger partial charge in [-0.05, 0) is 7.05 Å². The molecule has 0 radical (unpaired) electrons. The van der Waals surface area contributed by atoms with Gasteiger partial charge in [0.25, 0.3) is 0 Å². The predicted molar refractivity (Wildman–Crippen MR) is 30.6 cm³/mol. The summed E-state index contributed by atoms with van der Waals surface area (Å²) in [6.07, 6.45) is 0. The third kappa shape index (κ3) is 3.09. The number of hydrogen-bond acceptors (Lipinski definition) is 3. The fraction of sp³-hybridized carbons (Fsp3) is 1.00. The Kier molecular flexibility index (Phi) is 3.98. The van der Waals surface area contributed by atoms with Gasteiger partial charge in [-0.25, -0.2) is 4.31 Å². The molecule has 0 aliphatic rings. The average Bonchev–Trinajstić information content (AvgIpc) is 1.67. The fourth-order valence-corrected chi connectivity index (χ4v) is 0.511. The first-order valence-electron chi connectivity index (χ1n) is 2.19. The second kappa shape index (κ2) is 3.96. The molecule has 0 rings (SSSR count). The summed E-state index contributed by atoms with van der Waals surface area (Å²) in [6, 6.07) is 0. The van der Waals surface area contributed by atoms with Gasteiger partial charge in [0, 0.05) is 24.4 Å². The van der Waals surface area contributed by atoms with Crippen molar-refractivity contribution in [2.24, 2.45) is 5.73 Å². The van der Waals surface area contributed by atoms with Crippen LogP contribution in [0.15, 0.2) is 0 Å². The summed E-state index contributed by atoms with van der Waals surface area (Å²) in [5, 5.41) is 0. The van der Waals surface area contributed by atoms with Gasteiger partial charge in [-0.1, -0.05) is 0 Å². The van der Waals surface area contributed by atoms with E-state index in [0.717, 1.165) is 4.31 Å². The Bertz CT molecular complexity index is 87.4. The highest BCUT2D eigenvalue weighted by Gasteiger charge is 1.91. The molecule has 4 nitrogen and oxygen atoms in total. The molecule has 0 aromatic carbocycles. The highest BCUT2D eigenvalue weighted by molar-refractivity contribution is 7.76. The first kappa shape index (κ1) is 8.03. The Balaban J connectivity index is 3.32. The smallest absolute Gasteiger partial charge is 0.0222 e. The molecule has 0 saturated carbocycles. The Morgan fingerprint density at radius 2 is 2.38 bits per heavy atom. The topological polar surface area (TPSA) is 69.4 Å². The summed E-state index contributed by atoms with van der Waals surface area (Å²) >= 11 is -2.11. The van der Waals surface area contributed by atoms with E-state index in [1.54, 1.807) is 0 Å². The zero-order valence-electron chi connectivity index (χ0n) is 4.66. The van der Waals surface area contributed by atoms with Crippen molar-refractivity contribution in [1.29, 1.82) is 0 Å². The van der Waals surface area contributed by atoms with E-state index in [2.05, 4.69) is 0 Å². The van der Waals surface area contributed by atoms with Crippen LogP contribution in [-0.4, -0.2) is 33.2 Å². The minimum atomic E-state index is -2.11. The summed E-state index contributed by atoms with van der Waals surface area (Å²) in [5.74, 6) is 0. The zero-order valence-corrected chi connectivity index (χ0v) is 5.48. The van der Waals surface area contributed by atoms with Crippen molar-refractivity contribution in [1.82, 2.24) is 4.31 Å². The van der Waals surface area contributed by atoms with Gasteiger partial charge in [0.05, 0.1) is 0 Å². The van der Waals surface area contributed by atoms with Crippen molar-refractivity contribution in [2.75, 3.05) is 20.1 Å². The quantitative estimate of drug-likeness (QED) is 0.490. The Morgan fingerprint density at radius 1 is 1.88 bits per heavy atom. The van der Waals surface area contributed by atoms with Gasteiger partial charge in [0.1, 0.15) is 0 Å². The van der Waals surface area contributed by atoms with Gasteiger partial charge in [0.15, 0.2) is 0 Å². The lowest BCUT2D eigenvalue weighted by atomic mass is 10.7. The predicted octanol–water partition coefficient (Wildman–Crippen LogP) is -1.33. The van der Waals surface area contributed by atoms with E-state index in [0.29, 0.717) is 13.1 Å². The maximum atomic E-state index is 9.96. The highest BCUT2D eigenvalue weighted by Crippen LogP contribution is 1.81. The van der Waals surface area contributed by atoms with E-state index in [9.17, 15) is 8.76 Å². The van der Waals surface area contributed by atoms with Crippen LogP contribution in [0.2, 0.25) is 0 Å². The molecule has 1 unspecified atom stereocenters. The van der Waals surface area contributed by atoms with Gasteiger partial charge in [-0.3, -0.25) is 4.21 Å². The van der Waals surface area contributed by atoms with Crippen molar-refractivity contribution < 1.29 is 8.76 Å². The SMILES string of the molecule is CN(CCN)S(=O)[O-]. The molecule has 0 aliphatic carbocycles. The summed E-state index contributed by atoms with van der Waals surface area (Å²) in [6.45, 7) is 0.751. The summed E-state index contributed by atoms with van der Waals surface area (Å²) in [4.78, 5) is 0. The molecule has 0 spiro atoms. The van der Waals surface area contributed by atoms with Crippen LogP contribution >= 0.6 is 0 Å². The second-order valence-corrected chi connectivity index (χ2v) is 2.41. The molecule has 0 aliphatic heterocycles. The van der Waals surface area contributed by atoms with Crippen LogP contribution in [0.25, 0.3) is 0 Å². The Hall–Kier alpha value is 0.0300. The van der Waals surface area contributed by atoms with Crippen LogP contribution in [0.3, 0.4) is 0 Å². The molecule has 2 N–H and O–H groups in total. The monoisotopic (exact) mass is 137 g/mol. The molecule has 8 heavy (non-hydrogen) atoms. The largest absolute Gasteiger partial charge is 0.760 e. The Morgan fingerprint density at radius 3 is 2.50 bits per heavy atom. The summed E-state index contributed by atoms with van der Waals surface area (Å²) in [5.41, 5.74) is 5.05. The van der Waals surface area contributed by atoms with E-state index >= 15 is 0 Å². The van der Waals surface area contributed by atoms with E-state index < -0.39 is 11.3 Å². The van der Waals surface area contributed by atoms with E-state index in [-0.39, 0.29) is 0 Å². The average molecular weight is 137 g/mol. The van der Waals surface area contributed by atoms with Crippen LogP contribution < -0.4 is 5.73 Å². The molecule has 5 heteroatoms. The normalized spacial score (nSPS) is 14.5. The second-order valence-electron chi connectivity index (χ2n) is 1.36. The lowest BCUT2D eigenvalue weighted by molar-refractivity contribution is 0.439. The van der Waals surface area contributed by atoms with Gasteiger partial charge >= 0.3 is 0 Å². The van der Waals surface area contributed by atoms with Gasteiger partial charge in [-0.2, -0.15) is 0 Å². The minimum absolute atomic E-state index is 0.366. The van der Waals surface area contributed by atoms with Gasteiger partial charge in [-0.15, -0.1) is 0 Å². The molecule has 0 aromatic rings. The van der Waals surface area contributed by atoms with E-state index in [1.165, 1.54) is 7.05 Å². The van der Waals surface area contributed by atoms with Crippen molar-refractivity contribution in [2.45, 2.75) is 0 Å². The third-order valence-corrected chi connectivity index (χ3v) is 1.39. The van der Waals surface area contributed by atoms with Crippen molar-refractivity contribution in [3.05, 3.63) is 0 Å². The lowest BCUT2D eigenvalue weighted by Crippen LogP contribution is -2.26. The lowest BCUT2D eigenvalue weighted by Gasteiger charge is -2.16. The number of nitrogens with zero attached hydrogens (tertiary/aromatic N) is 1. The molecule has 0 bridgehead atoms. The highest BCUT2D eigenvalue weighted by atomic mass is 32.2. The number of nitrogens with two attached hydrogens (primary N) is 1. The molecule has 0 amide bonds. The maximum absolute atomic E-state index is 9.96. The Labute approximate surface area is 51.1 Å². The first-order valence-corrected chi connectivity index (χ1v) is 3.22. The van der Waals surface area contributed by atoms with E-state index in [4.69, 9.17) is 5.73 Å². The van der Waals surface area contributed by atoms with Gasteiger partial charge in [0.2, 0.25) is 0 Å². The van der Waals surface area contributed by atoms with E-state index in [1.807, 2.05) is 0 Å². The van der Waals surface area contributed by atoms with Gasteiger partial charge < -0.3 is 10.3 Å². The standard InChI is InChI=1S/C3H10N2O2S/c1-5(3-2-4)8(6)7/h2-4H2,1H3,(H,6,7)/p-1. The molecule has 50 valence electrons. The zero-order chi connectivity index (χ0) is 6.57. The van der Waals surface area contributed by atoms with Crippen molar-refractivity contribution >= 4 is 11.3 Å². The van der Waals surface area contributed by atoms with Crippen LogP contribution in [0.1, 0.15) is 0 Å². The van der Waals surface area contributed by atoms with Crippen molar-refractivity contribution in [3.63, 3.8) is 0 Å². The van der Waals surface area contributed by atoms with Crippen LogP contribution in [0.5, 0.6) is 0 Å². The molecule has 0 saturated heterocycles. The number of hydrogen-bond donors (Lipinski definition) is 1. The summed E-state index contributed by atoms with van der Waals surface area (Å²) < 4.78 is 21.1. The molecule has 1 atom stereocenters.